The van der Waals surface area contributed by atoms with E-state index in [2.05, 4.69) is 5.32 Å². The van der Waals surface area contributed by atoms with Gasteiger partial charge >= 0.3 is 0 Å². The molecule has 0 aliphatic carbocycles. The average molecular weight is 229 g/mol. The third-order valence-electron chi connectivity index (χ3n) is 2.83. The molecule has 6 nitrogen and oxygen atoms in total. The van der Waals surface area contributed by atoms with Crippen LogP contribution in [0.1, 0.15) is 13.3 Å². The van der Waals surface area contributed by atoms with E-state index in [0.29, 0.717) is 19.5 Å². The van der Waals surface area contributed by atoms with Crippen molar-refractivity contribution in [3.8, 4) is 0 Å². The molecule has 92 valence electrons. The van der Waals surface area contributed by atoms with Crippen molar-refractivity contribution in [2.24, 2.45) is 11.7 Å². The Kier molecular flexibility index (Phi) is 4.70. The molecular formula is C10H19N3O3. The highest BCUT2D eigenvalue weighted by Gasteiger charge is 2.26. The van der Waals surface area contributed by atoms with E-state index in [0.717, 1.165) is 0 Å². The number of aliphatic hydroxyl groups excluding tert-OH is 1. The second-order valence-corrected chi connectivity index (χ2v) is 4.15. The van der Waals surface area contributed by atoms with Crippen LogP contribution >= 0.6 is 0 Å². The van der Waals surface area contributed by atoms with Crippen molar-refractivity contribution < 1.29 is 14.7 Å². The van der Waals surface area contributed by atoms with Crippen LogP contribution in [0.2, 0.25) is 0 Å². The molecule has 0 saturated carbocycles. The summed E-state index contributed by atoms with van der Waals surface area (Å²) in [6.07, 6.45) is 0.264. The third-order valence-corrected chi connectivity index (χ3v) is 2.83. The van der Waals surface area contributed by atoms with Gasteiger partial charge in [0.15, 0.2) is 0 Å². The zero-order chi connectivity index (χ0) is 12.1. The van der Waals surface area contributed by atoms with Crippen molar-refractivity contribution in [1.82, 2.24) is 10.2 Å². The SMILES string of the molecule is CC1CN(C(=O)CNC(=O)CN)CCC1O. The first-order valence-corrected chi connectivity index (χ1v) is 5.47. The fourth-order valence-corrected chi connectivity index (χ4v) is 1.72. The number of carbonyl (C=O) groups excluding carboxylic acids is 2. The summed E-state index contributed by atoms with van der Waals surface area (Å²) in [5, 5.41) is 11.9. The zero-order valence-electron chi connectivity index (χ0n) is 9.48. The summed E-state index contributed by atoms with van der Waals surface area (Å²) in [5.74, 6) is -0.373. The molecule has 0 aromatic carbocycles. The first-order chi connectivity index (χ1) is 7.54. The van der Waals surface area contributed by atoms with Crippen molar-refractivity contribution in [2.75, 3.05) is 26.2 Å². The summed E-state index contributed by atoms with van der Waals surface area (Å²) in [5.41, 5.74) is 5.11. The van der Waals surface area contributed by atoms with Crippen LogP contribution in [-0.4, -0.2) is 54.1 Å². The molecule has 1 heterocycles. The predicted molar refractivity (Wildman–Crippen MR) is 58.4 cm³/mol. The maximum absolute atomic E-state index is 11.7. The van der Waals surface area contributed by atoms with Crippen LogP contribution in [0.3, 0.4) is 0 Å². The lowest BCUT2D eigenvalue weighted by Crippen LogP contribution is -2.48. The minimum atomic E-state index is -0.335. The minimum Gasteiger partial charge on any atom is -0.393 e. The number of nitrogens with two attached hydrogens (primary N) is 1. The molecule has 1 fully saturated rings. The van der Waals surface area contributed by atoms with Gasteiger partial charge in [0.2, 0.25) is 11.8 Å². The average Bonchev–Trinajstić information content (AvgIpc) is 2.29. The van der Waals surface area contributed by atoms with E-state index in [9.17, 15) is 14.7 Å². The number of hydrogen-bond acceptors (Lipinski definition) is 4. The summed E-state index contributed by atoms with van der Waals surface area (Å²) in [7, 11) is 0. The molecule has 1 saturated heterocycles. The van der Waals surface area contributed by atoms with Gasteiger partial charge in [0.05, 0.1) is 19.2 Å². The highest BCUT2D eigenvalue weighted by molar-refractivity contribution is 5.85. The number of aliphatic hydroxyl groups is 1. The molecule has 2 unspecified atom stereocenters. The molecule has 4 N–H and O–H groups in total. The van der Waals surface area contributed by atoms with Crippen LogP contribution in [0.5, 0.6) is 0 Å². The van der Waals surface area contributed by atoms with Crippen molar-refractivity contribution in [3.05, 3.63) is 0 Å². The van der Waals surface area contributed by atoms with E-state index in [-0.39, 0.29) is 36.9 Å². The summed E-state index contributed by atoms with van der Waals surface area (Å²) >= 11 is 0. The molecule has 0 spiro atoms. The highest BCUT2D eigenvalue weighted by atomic mass is 16.3. The molecule has 1 aliphatic rings. The van der Waals surface area contributed by atoms with E-state index in [1.807, 2.05) is 6.92 Å². The number of nitrogens with one attached hydrogen (secondary N) is 1. The van der Waals surface area contributed by atoms with Crippen LogP contribution in [0.4, 0.5) is 0 Å². The predicted octanol–water partition coefficient (Wildman–Crippen LogP) is -1.71. The Bertz CT molecular complexity index is 270. The van der Waals surface area contributed by atoms with Gasteiger partial charge < -0.3 is 21.1 Å². The maximum atomic E-state index is 11.7. The second-order valence-electron chi connectivity index (χ2n) is 4.15. The van der Waals surface area contributed by atoms with Crippen molar-refractivity contribution in [2.45, 2.75) is 19.4 Å². The van der Waals surface area contributed by atoms with Gasteiger partial charge in [0.25, 0.3) is 0 Å². The summed E-state index contributed by atoms with van der Waals surface area (Å²) < 4.78 is 0. The Morgan fingerprint density at radius 1 is 1.56 bits per heavy atom. The summed E-state index contributed by atoms with van der Waals surface area (Å²) in [4.78, 5) is 24.2. The summed E-state index contributed by atoms with van der Waals surface area (Å²) in [6.45, 7) is 2.87. The molecule has 1 rings (SSSR count). The molecular weight excluding hydrogens is 210 g/mol. The molecule has 6 heteroatoms. The zero-order valence-corrected chi connectivity index (χ0v) is 9.48. The second kappa shape index (κ2) is 5.81. The number of rotatable bonds is 3. The number of amides is 2. The number of likely N-dealkylation sites (tertiary alicyclic amines) is 1. The number of nitrogens with zero attached hydrogens (tertiary/aromatic N) is 1. The van der Waals surface area contributed by atoms with Crippen molar-refractivity contribution >= 4 is 11.8 Å². The van der Waals surface area contributed by atoms with Crippen molar-refractivity contribution in [3.63, 3.8) is 0 Å². The fraction of sp³-hybridized carbons (Fsp3) is 0.800. The molecule has 0 bridgehead atoms. The van der Waals surface area contributed by atoms with E-state index in [1.165, 1.54) is 0 Å². The lowest BCUT2D eigenvalue weighted by atomic mass is 9.97. The Morgan fingerprint density at radius 2 is 2.25 bits per heavy atom. The lowest BCUT2D eigenvalue weighted by molar-refractivity contribution is -0.135. The van der Waals surface area contributed by atoms with Gasteiger partial charge in [-0.2, -0.15) is 0 Å². The van der Waals surface area contributed by atoms with Crippen molar-refractivity contribution in [1.29, 1.82) is 0 Å². The molecule has 0 aromatic heterocycles. The van der Waals surface area contributed by atoms with Gasteiger partial charge in [-0.05, 0) is 12.3 Å². The molecule has 2 atom stereocenters. The number of hydrogen-bond donors (Lipinski definition) is 3. The normalized spacial score (nSPS) is 25.3. The standard InChI is InChI=1S/C10H19N3O3/c1-7-6-13(3-2-8(7)14)10(16)5-12-9(15)4-11/h7-8,14H,2-6,11H2,1H3,(H,12,15). The molecule has 0 aromatic rings. The smallest absolute Gasteiger partial charge is 0.241 e. The van der Waals surface area contributed by atoms with Crippen LogP contribution < -0.4 is 11.1 Å². The van der Waals surface area contributed by atoms with Gasteiger partial charge in [0, 0.05) is 13.1 Å². The first-order valence-electron chi connectivity index (χ1n) is 5.47. The van der Waals surface area contributed by atoms with Gasteiger partial charge in [0.1, 0.15) is 0 Å². The topological polar surface area (TPSA) is 95.7 Å². The van der Waals surface area contributed by atoms with Crippen LogP contribution in [0, 0.1) is 5.92 Å². The van der Waals surface area contributed by atoms with Gasteiger partial charge in [-0.1, -0.05) is 6.92 Å². The Morgan fingerprint density at radius 3 is 2.81 bits per heavy atom. The van der Waals surface area contributed by atoms with Gasteiger partial charge in [-0.25, -0.2) is 0 Å². The van der Waals surface area contributed by atoms with E-state index < -0.39 is 0 Å². The van der Waals surface area contributed by atoms with E-state index in [4.69, 9.17) is 5.73 Å². The van der Waals surface area contributed by atoms with Crippen LogP contribution in [0.25, 0.3) is 0 Å². The van der Waals surface area contributed by atoms with E-state index >= 15 is 0 Å². The number of carbonyl (C=O) groups is 2. The van der Waals surface area contributed by atoms with Gasteiger partial charge in [-0.15, -0.1) is 0 Å². The van der Waals surface area contributed by atoms with Crippen LogP contribution in [-0.2, 0) is 9.59 Å². The highest BCUT2D eigenvalue weighted by Crippen LogP contribution is 2.16. The Labute approximate surface area is 94.8 Å². The largest absolute Gasteiger partial charge is 0.393 e. The fourth-order valence-electron chi connectivity index (χ4n) is 1.72. The Balaban J connectivity index is 2.34. The molecule has 2 amide bonds. The first kappa shape index (κ1) is 12.9. The quantitative estimate of drug-likeness (QED) is 0.537. The lowest BCUT2D eigenvalue weighted by Gasteiger charge is -2.34. The monoisotopic (exact) mass is 229 g/mol. The molecule has 1 aliphatic heterocycles. The molecule has 0 radical (unpaired) electrons. The Hall–Kier alpha value is -1.14. The third kappa shape index (κ3) is 3.46. The molecule has 16 heavy (non-hydrogen) atoms. The van der Waals surface area contributed by atoms with Crippen LogP contribution in [0.15, 0.2) is 0 Å². The van der Waals surface area contributed by atoms with Gasteiger partial charge in [-0.3, -0.25) is 9.59 Å². The number of piperidine rings is 1. The minimum absolute atomic E-state index is 0.0150. The summed E-state index contributed by atoms with van der Waals surface area (Å²) in [6, 6.07) is 0. The maximum Gasteiger partial charge on any atom is 0.241 e. The van der Waals surface area contributed by atoms with E-state index in [1.54, 1.807) is 4.90 Å².